The maximum atomic E-state index is 12.2. The molecule has 0 spiro atoms. The van der Waals surface area contributed by atoms with E-state index in [9.17, 15) is 4.79 Å². The van der Waals surface area contributed by atoms with E-state index >= 15 is 0 Å². The Bertz CT molecular complexity index is 208. The number of nitrogens with one attached hydrogen (secondary N) is 1. The molecule has 1 saturated heterocycles. The van der Waals surface area contributed by atoms with Crippen LogP contribution >= 0.6 is 0 Å². The Morgan fingerprint density at radius 1 is 1.40 bits per heavy atom. The number of amides is 1. The van der Waals surface area contributed by atoms with Crippen LogP contribution in [0.25, 0.3) is 0 Å². The highest BCUT2D eigenvalue weighted by atomic mass is 16.2. The summed E-state index contributed by atoms with van der Waals surface area (Å²) < 4.78 is 0. The first-order valence-electron chi connectivity index (χ1n) is 6.04. The van der Waals surface area contributed by atoms with Crippen molar-refractivity contribution in [1.29, 1.82) is 0 Å². The van der Waals surface area contributed by atoms with Crippen molar-refractivity contribution in [1.82, 2.24) is 10.2 Å². The number of likely N-dealkylation sites (tertiary alicyclic amines) is 1. The average molecular weight is 212 g/mol. The molecule has 3 heteroatoms. The first kappa shape index (κ1) is 12.5. The molecule has 1 aliphatic rings. The largest absolute Gasteiger partial charge is 0.337 e. The highest BCUT2D eigenvalue weighted by Crippen LogP contribution is 2.24. The maximum absolute atomic E-state index is 12.2. The van der Waals surface area contributed by atoms with E-state index < -0.39 is 0 Å². The molecule has 1 aliphatic heterocycles. The van der Waals surface area contributed by atoms with Gasteiger partial charge in [-0.1, -0.05) is 6.92 Å². The van der Waals surface area contributed by atoms with E-state index in [0.29, 0.717) is 18.0 Å². The molecule has 0 saturated carbocycles. The molecule has 0 bridgehead atoms. The van der Waals surface area contributed by atoms with Gasteiger partial charge in [0.1, 0.15) is 0 Å². The third-order valence-corrected chi connectivity index (χ3v) is 3.38. The van der Waals surface area contributed by atoms with Crippen LogP contribution in [0, 0.1) is 5.92 Å². The van der Waals surface area contributed by atoms with E-state index in [4.69, 9.17) is 0 Å². The molecule has 3 nitrogen and oxygen atoms in total. The zero-order chi connectivity index (χ0) is 11.4. The zero-order valence-electron chi connectivity index (χ0n) is 10.4. The van der Waals surface area contributed by atoms with Gasteiger partial charge >= 0.3 is 0 Å². The average Bonchev–Trinajstić information content (AvgIpc) is 2.17. The molecule has 88 valence electrons. The summed E-state index contributed by atoms with van der Waals surface area (Å²) >= 11 is 0. The van der Waals surface area contributed by atoms with Crippen LogP contribution in [-0.2, 0) is 4.79 Å². The Morgan fingerprint density at radius 3 is 2.40 bits per heavy atom. The van der Waals surface area contributed by atoms with Crippen LogP contribution in [-0.4, -0.2) is 36.5 Å². The van der Waals surface area contributed by atoms with E-state index in [2.05, 4.69) is 24.1 Å². The van der Waals surface area contributed by atoms with Gasteiger partial charge in [-0.05, 0) is 40.2 Å². The number of carbonyl (C=O) groups excluding carboxylic acids is 1. The summed E-state index contributed by atoms with van der Waals surface area (Å²) in [5.41, 5.74) is 0. The lowest BCUT2D eigenvalue weighted by Crippen LogP contribution is -2.50. The predicted octanol–water partition coefficient (Wildman–Crippen LogP) is 1.63. The van der Waals surface area contributed by atoms with Gasteiger partial charge in [0.05, 0.1) is 0 Å². The molecule has 3 atom stereocenters. The standard InChI is InChI=1S/C12H24N2O/c1-9(8-13-4)12(15)14-10(2)6-5-7-11(14)3/h9-11,13H,5-8H2,1-4H3/t9?,10-,11+. The summed E-state index contributed by atoms with van der Waals surface area (Å²) in [6.45, 7) is 7.11. The Morgan fingerprint density at radius 2 is 1.93 bits per heavy atom. The molecule has 1 heterocycles. The molecule has 15 heavy (non-hydrogen) atoms. The minimum Gasteiger partial charge on any atom is -0.337 e. The summed E-state index contributed by atoms with van der Waals surface area (Å²) in [7, 11) is 1.90. The van der Waals surface area contributed by atoms with Gasteiger partial charge in [-0.2, -0.15) is 0 Å². The number of carbonyl (C=O) groups is 1. The van der Waals surface area contributed by atoms with Gasteiger partial charge in [0.25, 0.3) is 0 Å². The van der Waals surface area contributed by atoms with E-state index in [1.54, 1.807) is 0 Å². The summed E-state index contributed by atoms with van der Waals surface area (Å²) in [4.78, 5) is 14.3. The molecule has 0 aromatic carbocycles. The van der Waals surface area contributed by atoms with Gasteiger partial charge in [0, 0.05) is 24.5 Å². The van der Waals surface area contributed by atoms with E-state index in [-0.39, 0.29) is 5.92 Å². The van der Waals surface area contributed by atoms with E-state index in [1.165, 1.54) is 6.42 Å². The lowest BCUT2D eigenvalue weighted by atomic mass is 9.95. The van der Waals surface area contributed by atoms with Crippen LogP contribution in [0.4, 0.5) is 0 Å². The topological polar surface area (TPSA) is 32.3 Å². The fraction of sp³-hybridized carbons (Fsp3) is 0.917. The molecule has 1 unspecified atom stereocenters. The molecule has 1 amide bonds. The molecular weight excluding hydrogens is 188 g/mol. The number of rotatable bonds is 3. The SMILES string of the molecule is CNCC(C)C(=O)N1[C@H](C)CCC[C@@H]1C. The van der Waals surface area contributed by atoms with Crippen molar-refractivity contribution in [2.45, 2.75) is 52.1 Å². The van der Waals surface area contributed by atoms with Crippen molar-refractivity contribution in [3.05, 3.63) is 0 Å². The molecule has 1 rings (SSSR count). The van der Waals surface area contributed by atoms with Crippen LogP contribution in [0.5, 0.6) is 0 Å². The van der Waals surface area contributed by atoms with Gasteiger partial charge in [0.15, 0.2) is 0 Å². The Kier molecular flexibility index (Phi) is 4.58. The van der Waals surface area contributed by atoms with Gasteiger partial charge in [-0.3, -0.25) is 4.79 Å². The molecule has 0 aliphatic carbocycles. The Labute approximate surface area is 93.2 Å². The Balaban J connectivity index is 2.62. The lowest BCUT2D eigenvalue weighted by Gasteiger charge is -2.40. The maximum Gasteiger partial charge on any atom is 0.227 e. The highest BCUT2D eigenvalue weighted by molar-refractivity contribution is 5.79. The fourth-order valence-electron chi connectivity index (χ4n) is 2.50. The first-order chi connectivity index (χ1) is 7.07. The van der Waals surface area contributed by atoms with Gasteiger partial charge < -0.3 is 10.2 Å². The quantitative estimate of drug-likeness (QED) is 0.771. The first-order valence-corrected chi connectivity index (χ1v) is 6.04. The van der Waals surface area contributed by atoms with Crippen molar-refractivity contribution in [3.63, 3.8) is 0 Å². The van der Waals surface area contributed by atoms with Crippen LogP contribution in [0.2, 0.25) is 0 Å². The summed E-state index contributed by atoms with van der Waals surface area (Å²) in [6, 6.07) is 0.834. The van der Waals surface area contributed by atoms with Gasteiger partial charge in [0.2, 0.25) is 5.91 Å². The lowest BCUT2D eigenvalue weighted by molar-refractivity contribution is -0.141. The second kappa shape index (κ2) is 5.50. The number of piperidine rings is 1. The molecular formula is C12H24N2O. The minimum atomic E-state index is 0.0954. The fourth-order valence-corrected chi connectivity index (χ4v) is 2.50. The number of hydrogen-bond acceptors (Lipinski definition) is 2. The van der Waals surface area contributed by atoms with E-state index in [0.717, 1.165) is 19.4 Å². The predicted molar refractivity (Wildman–Crippen MR) is 62.7 cm³/mol. The second-order valence-electron chi connectivity index (χ2n) is 4.83. The van der Waals surface area contributed by atoms with Crippen molar-refractivity contribution in [2.75, 3.05) is 13.6 Å². The van der Waals surface area contributed by atoms with Crippen LogP contribution in [0.3, 0.4) is 0 Å². The van der Waals surface area contributed by atoms with E-state index in [1.807, 2.05) is 14.0 Å². The normalized spacial score (nSPS) is 28.9. The van der Waals surface area contributed by atoms with Crippen molar-refractivity contribution in [2.24, 2.45) is 5.92 Å². The van der Waals surface area contributed by atoms with Crippen LogP contribution in [0.1, 0.15) is 40.0 Å². The van der Waals surface area contributed by atoms with Crippen LogP contribution < -0.4 is 5.32 Å². The molecule has 0 aromatic rings. The van der Waals surface area contributed by atoms with Crippen LogP contribution in [0.15, 0.2) is 0 Å². The van der Waals surface area contributed by atoms with Crippen molar-refractivity contribution < 1.29 is 4.79 Å². The molecule has 1 fully saturated rings. The highest BCUT2D eigenvalue weighted by Gasteiger charge is 2.31. The van der Waals surface area contributed by atoms with Crippen molar-refractivity contribution in [3.8, 4) is 0 Å². The smallest absolute Gasteiger partial charge is 0.227 e. The number of nitrogens with zero attached hydrogens (tertiary/aromatic N) is 1. The minimum absolute atomic E-state index is 0.0954. The number of hydrogen-bond donors (Lipinski definition) is 1. The monoisotopic (exact) mass is 212 g/mol. The molecule has 0 radical (unpaired) electrons. The molecule has 0 aromatic heterocycles. The Hall–Kier alpha value is -0.570. The molecule has 1 N–H and O–H groups in total. The zero-order valence-corrected chi connectivity index (χ0v) is 10.4. The third-order valence-electron chi connectivity index (χ3n) is 3.38. The van der Waals surface area contributed by atoms with Crippen molar-refractivity contribution >= 4 is 5.91 Å². The van der Waals surface area contributed by atoms with Gasteiger partial charge in [-0.15, -0.1) is 0 Å². The van der Waals surface area contributed by atoms with Gasteiger partial charge in [-0.25, -0.2) is 0 Å². The second-order valence-corrected chi connectivity index (χ2v) is 4.83. The summed E-state index contributed by atoms with van der Waals surface area (Å²) in [5, 5.41) is 3.07. The summed E-state index contributed by atoms with van der Waals surface area (Å²) in [6.07, 6.45) is 3.57. The summed E-state index contributed by atoms with van der Waals surface area (Å²) in [5.74, 6) is 0.405. The third kappa shape index (κ3) is 2.94.